The second kappa shape index (κ2) is 7.00. The van der Waals surface area contributed by atoms with Crippen molar-refractivity contribution in [1.29, 1.82) is 0 Å². The molecule has 0 heterocycles. The number of benzene rings is 2. The van der Waals surface area contributed by atoms with Gasteiger partial charge >= 0.3 is 18.1 Å². The molecular formula is C17H11F5O3. The summed E-state index contributed by atoms with van der Waals surface area (Å²) >= 11 is 0. The van der Waals surface area contributed by atoms with Crippen LogP contribution in [0.15, 0.2) is 54.6 Å². The van der Waals surface area contributed by atoms with E-state index < -0.39 is 36.0 Å². The number of carbonyl (C=O) groups excluding carboxylic acids is 2. The summed E-state index contributed by atoms with van der Waals surface area (Å²) < 4.78 is 69.8. The molecule has 132 valence electrons. The number of hydrogen-bond acceptors (Lipinski definition) is 3. The van der Waals surface area contributed by atoms with Crippen LogP contribution in [-0.4, -0.2) is 17.7 Å². The molecule has 3 nitrogen and oxygen atoms in total. The third kappa shape index (κ3) is 4.40. The average Bonchev–Trinajstić information content (AvgIpc) is 2.59. The van der Waals surface area contributed by atoms with Crippen molar-refractivity contribution in [2.45, 2.75) is 18.7 Å². The van der Waals surface area contributed by atoms with Gasteiger partial charge in [-0.25, -0.2) is 4.79 Å². The lowest BCUT2D eigenvalue weighted by molar-refractivity contribution is -0.166. The number of rotatable bonds is 5. The first kappa shape index (κ1) is 18.6. The van der Waals surface area contributed by atoms with Crippen molar-refractivity contribution in [3.05, 3.63) is 71.3 Å². The van der Waals surface area contributed by atoms with E-state index in [2.05, 4.69) is 4.74 Å². The summed E-state index contributed by atoms with van der Waals surface area (Å²) in [4.78, 5) is 23.2. The summed E-state index contributed by atoms with van der Waals surface area (Å²) in [5.74, 6) is -8.32. The van der Waals surface area contributed by atoms with E-state index in [-0.39, 0.29) is 11.1 Å². The van der Waals surface area contributed by atoms with Gasteiger partial charge in [0.2, 0.25) is 5.78 Å². The van der Waals surface area contributed by atoms with Crippen LogP contribution >= 0.6 is 0 Å². The molecule has 25 heavy (non-hydrogen) atoms. The average molecular weight is 358 g/mol. The van der Waals surface area contributed by atoms with Crippen molar-refractivity contribution >= 4 is 11.8 Å². The largest absolute Gasteiger partial charge is 0.456 e. The quantitative estimate of drug-likeness (QED) is 0.347. The number of ether oxygens (including phenoxy) is 1. The van der Waals surface area contributed by atoms with Gasteiger partial charge in [0.15, 0.2) is 0 Å². The normalized spacial score (nSPS) is 11.9. The Kier molecular flexibility index (Phi) is 5.20. The zero-order valence-corrected chi connectivity index (χ0v) is 12.5. The van der Waals surface area contributed by atoms with Crippen LogP contribution in [-0.2, 0) is 22.3 Å². The molecule has 8 heteroatoms. The van der Waals surface area contributed by atoms with Gasteiger partial charge < -0.3 is 4.74 Å². The molecule has 0 N–H and O–H groups in total. The second-order valence-electron chi connectivity index (χ2n) is 5.04. The molecule has 0 aromatic heterocycles. The predicted molar refractivity (Wildman–Crippen MR) is 77.0 cm³/mol. The number of carbonyl (C=O) groups is 2. The maximum absolute atomic E-state index is 13.9. The van der Waals surface area contributed by atoms with Crippen LogP contribution in [0.1, 0.15) is 21.5 Å². The lowest BCUT2D eigenvalue weighted by Gasteiger charge is -2.14. The first-order chi connectivity index (χ1) is 11.6. The molecule has 0 aliphatic heterocycles. The van der Waals surface area contributed by atoms with Crippen LogP contribution in [0.25, 0.3) is 0 Å². The van der Waals surface area contributed by atoms with Crippen molar-refractivity contribution < 1.29 is 36.3 Å². The number of esters is 1. The highest BCUT2D eigenvalue weighted by atomic mass is 19.4. The fourth-order valence-corrected chi connectivity index (χ4v) is 1.94. The zero-order chi connectivity index (χ0) is 18.7. The van der Waals surface area contributed by atoms with Gasteiger partial charge in [0.25, 0.3) is 0 Å². The van der Waals surface area contributed by atoms with Crippen molar-refractivity contribution in [2.24, 2.45) is 0 Å². The van der Waals surface area contributed by atoms with Crippen LogP contribution in [0.3, 0.4) is 0 Å². The number of alkyl halides is 5. The molecule has 0 amide bonds. The Morgan fingerprint density at radius 3 is 2.12 bits per heavy atom. The van der Waals surface area contributed by atoms with Gasteiger partial charge in [-0.15, -0.1) is 0 Å². The Labute approximate surface area is 139 Å². The van der Waals surface area contributed by atoms with E-state index in [4.69, 9.17) is 0 Å². The molecule has 0 unspecified atom stereocenters. The van der Waals surface area contributed by atoms with Crippen LogP contribution in [0.2, 0.25) is 0 Å². The van der Waals surface area contributed by atoms with Crippen LogP contribution < -0.4 is 0 Å². The smallest absolute Gasteiger partial charge is 0.416 e. The molecule has 0 saturated heterocycles. The molecule has 0 bridgehead atoms. The van der Waals surface area contributed by atoms with Crippen molar-refractivity contribution in [3.8, 4) is 0 Å². The molecule has 0 fully saturated rings. The van der Waals surface area contributed by atoms with Gasteiger partial charge in [-0.3, -0.25) is 4.79 Å². The van der Waals surface area contributed by atoms with Crippen molar-refractivity contribution in [3.63, 3.8) is 0 Å². The Balaban J connectivity index is 2.08. The summed E-state index contributed by atoms with van der Waals surface area (Å²) in [5.41, 5.74) is -1.53. The first-order valence-corrected chi connectivity index (χ1v) is 6.93. The molecule has 2 rings (SSSR count). The fraction of sp³-hybridized carbons (Fsp3) is 0.176. The van der Waals surface area contributed by atoms with E-state index in [1.165, 1.54) is 24.3 Å². The third-order valence-electron chi connectivity index (χ3n) is 3.20. The fourth-order valence-electron chi connectivity index (χ4n) is 1.94. The van der Waals surface area contributed by atoms with Crippen molar-refractivity contribution in [1.82, 2.24) is 0 Å². The second-order valence-corrected chi connectivity index (χ2v) is 5.04. The van der Waals surface area contributed by atoms with Gasteiger partial charge in [-0.05, 0) is 17.7 Å². The van der Waals surface area contributed by atoms with E-state index in [1.807, 2.05) is 0 Å². The summed E-state index contributed by atoms with van der Waals surface area (Å²) in [5, 5.41) is 0. The van der Waals surface area contributed by atoms with Gasteiger partial charge in [0, 0.05) is 5.56 Å². The van der Waals surface area contributed by atoms with Gasteiger partial charge in [-0.1, -0.05) is 42.5 Å². The van der Waals surface area contributed by atoms with Crippen LogP contribution in [0.4, 0.5) is 22.0 Å². The zero-order valence-electron chi connectivity index (χ0n) is 12.5. The van der Waals surface area contributed by atoms with Crippen molar-refractivity contribution in [2.75, 3.05) is 0 Å². The van der Waals surface area contributed by atoms with E-state index in [1.54, 1.807) is 0 Å². The summed E-state index contributed by atoms with van der Waals surface area (Å²) in [6.45, 7) is -0.819. The summed E-state index contributed by atoms with van der Waals surface area (Å²) in [6, 6.07) is 10.1. The van der Waals surface area contributed by atoms with E-state index in [9.17, 15) is 31.5 Å². The summed E-state index contributed by atoms with van der Waals surface area (Å²) in [6.07, 6.45) is -4.62. The Bertz CT molecular complexity index is 769. The maximum Gasteiger partial charge on any atom is 0.416 e. The van der Waals surface area contributed by atoms with Crippen LogP contribution in [0.5, 0.6) is 0 Å². The van der Waals surface area contributed by atoms with Gasteiger partial charge in [0.05, 0.1) is 5.56 Å². The lowest BCUT2D eigenvalue weighted by atomic mass is 10.1. The number of Topliss-reactive ketones (excluding diaryl/α,β-unsaturated/α-hetero) is 1. The minimum Gasteiger partial charge on any atom is -0.456 e. The van der Waals surface area contributed by atoms with Crippen LogP contribution in [0, 0.1) is 0 Å². The molecule has 0 aliphatic carbocycles. The monoisotopic (exact) mass is 358 g/mol. The highest BCUT2D eigenvalue weighted by molar-refractivity contribution is 6.13. The first-order valence-electron chi connectivity index (χ1n) is 6.93. The predicted octanol–water partition coefficient (Wildman–Crippen LogP) is 4.27. The minimum atomic E-state index is -4.62. The van der Waals surface area contributed by atoms with Gasteiger partial charge in [-0.2, -0.15) is 22.0 Å². The molecule has 2 aromatic rings. The molecule has 0 saturated carbocycles. The molecule has 0 aliphatic rings. The summed E-state index contributed by atoms with van der Waals surface area (Å²) in [7, 11) is 0. The SMILES string of the molecule is O=C(OCc1cccc(C(F)(F)F)c1)C(F)(F)C(=O)c1ccccc1. The highest BCUT2D eigenvalue weighted by Gasteiger charge is 2.49. The van der Waals surface area contributed by atoms with E-state index >= 15 is 0 Å². The van der Waals surface area contributed by atoms with E-state index in [0.29, 0.717) is 6.07 Å². The molecule has 0 atom stereocenters. The lowest BCUT2D eigenvalue weighted by Crippen LogP contribution is -2.39. The third-order valence-corrected chi connectivity index (χ3v) is 3.20. The molecular weight excluding hydrogens is 347 g/mol. The highest BCUT2D eigenvalue weighted by Crippen LogP contribution is 2.30. The number of hydrogen-bond donors (Lipinski definition) is 0. The molecule has 2 aromatic carbocycles. The standard InChI is InChI=1S/C17H11F5O3/c18-16(19,14(23)12-6-2-1-3-7-12)15(24)25-10-11-5-4-8-13(9-11)17(20,21)22/h1-9H,10H2. The molecule has 0 radical (unpaired) electrons. The topological polar surface area (TPSA) is 43.4 Å². The van der Waals surface area contributed by atoms with Gasteiger partial charge in [0.1, 0.15) is 6.61 Å². The Morgan fingerprint density at radius 2 is 1.52 bits per heavy atom. The number of ketones is 1. The minimum absolute atomic E-state index is 0.133. The Morgan fingerprint density at radius 1 is 0.880 bits per heavy atom. The van der Waals surface area contributed by atoms with E-state index in [0.717, 1.165) is 24.3 Å². The Hall–Kier alpha value is -2.77. The maximum atomic E-state index is 13.9. The number of halogens is 5. The molecule has 0 spiro atoms.